The van der Waals surface area contributed by atoms with Crippen LogP contribution < -0.4 is 9.80 Å². The molecule has 2 aliphatic rings. The Kier molecular flexibility index (Phi) is 5.19. The smallest absolute Gasteiger partial charge is 0.277 e. The number of hydrogen-bond donors (Lipinski definition) is 0. The molecular weight excluding hydrogens is 386 g/mol. The van der Waals surface area contributed by atoms with Crippen molar-refractivity contribution in [3.05, 3.63) is 64.2 Å². The summed E-state index contributed by atoms with van der Waals surface area (Å²) in [4.78, 5) is 31.6. The molecule has 0 unspecified atom stereocenters. The highest BCUT2D eigenvalue weighted by molar-refractivity contribution is 6.60. The van der Waals surface area contributed by atoms with Crippen molar-refractivity contribution >= 4 is 40.4 Å². The molecule has 0 aliphatic carbocycles. The number of amides is 2. The summed E-state index contributed by atoms with van der Waals surface area (Å²) in [7, 11) is 2.12. The summed E-state index contributed by atoms with van der Waals surface area (Å²) in [6.07, 6.45) is 0. The zero-order chi connectivity index (χ0) is 20.7. The van der Waals surface area contributed by atoms with E-state index in [0.29, 0.717) is 11.3 Å². The van der Waals surface area contributed by atoms with Gasteiger partial charge in [0.1, 0.15) is 5.03 Å². The van der Waals surface area contributed by atoms with E-state index in [2.05, 4.69) is 16.8 Å². The molecule has 0 aromatic heterocycles. The molecule has 1 fully saturated rings. The van der Waals surface area contributed by atoms with E-state index in [1.165, 1.54) is 4.90 Å². The van der Waals surface area contributed by atoms with Gasteiger partial charge in [0.25, 0.3) is 11.8 Å². The van der Waals surface area contributed by atoms with E-state index in [0.717, 1.165) is 43.0 Å². The van der Waals surface area contributed by atoms with Crippen LogP contribution in [0.5, 0.6) is 0 Å². The van der Waals surface area contributed by atoms with Crippen LogP contribution in [0.3, 0.4) is 0 Å². The third-order valence-electron chi connectivity index (χ3n) is 5.80. The quantitative estimate of drug-likeness (QED) is 0.727. The van der Waals surface area contributed by atoms with Gasteiger partial charge in [0, 0.05) is 31.9 Å². The van der Waals surface area contributed by atoms with Gasteiger partial charge in [-0.25, -0.2) is 4.90 Å². The van der Waals surface area contributed by atoms with E-state index in [9.17, 15) is 9.59 Å². The van der Waals surface area contributed by atoms with Gasteiger partial charge in [0.15, 0.2) is 0 Å². The lowest BCUT2D eigenvalue weighted by atomic mass is 10.0. The second kappa shape index (κ2) is 7.65. The van der Waals surface area contributed by atoms with Crippen LogP contribution in [-0.2, 0) is 9.59 Å². The summed E-state index contributed by atoms with van der Waals surface area (Å²) in [6, 6.07) is 13.2. The van der Waals surface area contributed by atoms with E-state index in [4.69, 9.17) is 11.6 Å². The second-order valence-electron chi connectivity index (χ2n) is 7.74. The molecule has 0 N–H and O–H groups in total. The normalized spacial score (nSPS) is 18.2. The first-order chi connectivity index (χ1) is 13.9. The van der Waals surface area contributed by atoms with Crippen LogP contribution in [0.4, 0.5) is 11.4 Å². The minimum absolute atomic E-state index is 0.0265. The Morgan fingerprint density at radius 2 is 1.41 bits per heavy atom. The van der Waals surface area contributed by atoms with Crippen molar-refractivity contribution in [2.24, 2.45) is 0 Å². The average molecular weight is 410 g/mol. The van der Waals surface area contributed by atoms with Crippen molar-refractivity contribution in [1.29, 1.82) is 0 Å². The largest absolute Gasteiger partial charge is 0.369 e. The van der Waals surface area contributed by atoms with E-state index >= 15 is 0 Å². The van der Waals surface area contributed by atoms with Gasteiger partial charge in [-0.2, -0.15) is 0 Å². The molecule has 1 saturated heterocycles. The standard InChI is InChI=1S/C23H24ClN3O2/c1-15-4-5-17(14-16(15)2)20-21(24)23(29)27(22(20)28)19-8-6-18(7-9-19)26-12-10-25(3)11-13-26/h4-9,14H,10-13H2,1-3H3. The van der Waals surface area contributed by atoms with Gasteiger partial charge in [-0.15, -0.1) is 0 Å². The highest BCUT2D eigenvalue weighted by atomic mass is 35.5. The van der Waals surface area contributed by atoms with Crippen LogP contribution in [0.25, 0.3) is 5.57 Å². The Morgan fingerprint density at radius 1 is 0.793 bits per heavy atom. The number of nitrogens with zero attached hydrogens (tertiary/aromatic N) is 3. The second-order valence-corrected chi connectivity index (χ2v) is 8.12. The van der Waals surface area contributed by atoms with E-state index in [1.54, 1.807) is 0 Å². The van der Waals surface area contributed by atoms with E-state index < -0.39 is 5.91 Å². The highest BCUT2D eigenvalue weighted by Crippen LogP contribution is 2.36. The molecule has 4 rings (SSSR count). The number of carbonyl (C=O) groups excluding carboxylic acids is 2. The van der Waals surface area contributed by atoms with Gasteiger partial charge in [0.2, 0.25) is 0 Å². The number of likely N-dealkylation sites (N-methyl/N-ethyl adjacent to an activating group) is 1. The van der Waals surface area contributed by atoms with Crippen LogP contribution in [-0.4, -0.2) is 49.9 Å². The molecule has 2 aromatic carbocycles. The fourth-order valence-corrected chi connectivity index (χ4v) is 4.04. The molecule has 2 aliphatic heterocycles. The number of piperazine rings is 1. The summed E-state index contributed by atoms with van der Waals surface area (Å²) in [5.41, 5.74) is 4.74. The Hall–Kier alpha value is -2.63. The Labute approximate surface area is 176 Å². The van der Waals surface area contributed by atoms with Gasteiger partial charge in [-0.1, -0.05) is 29.8 Å². The first kappa shape index (κ1) is 19.7. The molecule has 150 valence electrons. The fourth-order valence-electron chi connectivity index (χ4n) is 3.76. The number of carbonyl (C=O) groups is 2. The van der Waals surface area contributed by atoms with Gasteiger partial charge in [-0.05, 0) is 61.9 Å². The van der Waals surface area contributed by atoms with Crippen molar-refractivity contribution in [2.75, 3.05) is 43.0 Å². The van der Waals surface area contributed by atoms with Gasteiger partial charge in [-0.3, -0.25) is 9.59 Å². The Bertz CT molecular complexity index is 1010. The number of benzene rings is 2. The molecular formula is C23H24ClN3O2. The minimum Gasteiger partial charge on any atom is -0.369 e. The summed E-state index contributed by atoms with van der Waals surface area (Å²) in [5.74, 6) is -0.854. The van der Waals surface area contributed by atoms with Gasteiger partial charge in [0.05, 0.1) is 11.3 Å². The molecule has 0 bridgehead atoms. The van der Waals surface area contributed by atoms with Crippen LogP contribution in [0, 0.1) is 13.8 Å². The topological polar surface area (TPSA) is 43.9 Å². The lowest BCUT2D eigenvalue weighted by molar-refractivity contribution is -0.119. The molecule has 6 heteroatoms. The first-order valence-corrected chi connectivity index (χ1v) is 10.1. The SMILES string of the molecule is Cc1ccc(C2=C(Cl)C(=O)N(c3ccc(N4CCN(C)CC4)cc3)C2=O)cc1C. The number of halogens is 1. The number of rotatable bonds is 3. The highest BCUT2D eigenvalue weighted by Gasteiger charge is 2.39. The third kappa shape index (κ3) is 3.56. The summed E-state index contributed by atoms with van der Waals surface area (Å²) >= 11 is 6.32. The predicted octanol–water partition coefficient (Wildman–Crippen LogP) is 3.58. The maximum atomic E-state index is 13.1. The van der Waals surface area contributed by atoms with Gasteiger partial charge >= 0.3 is 0 Å². The lowest BCUT2D eigenvalue weighted by Gasteiger charge is -2.34. The van der Waals surface area contributed by atoms with E-state index in [-0.39, 0.29) is 16.5 Å². The summed E-state index contributed by atoms with van der Waals surface area (Å²) < 4.78 is 0. The molecule has 2 heterocycles. The number of hydrogen-bond acceptors (Lipinski definition) is 4. The number of anilines is 2. The molecule has 0 saturated carbocycles. The number of imide groups is 1. The van der Waals surface area contributed by atoms with Crippen LogP contribution >= 0.6 is 11.6 Å². The van der Waals surface area contributed by atoms with Crippen molar-refractivity contribution in [3.63, 3.8) is 0 Å². The van der Waals surface area contributed by atoms with E-state index in [1.807, 2.05) is 56.3 Å². The fraction of sp³-hybridized carbons (Fsp3) is 0.304. The number of aryl methyl sites for hydroxylation is 2. The average Bonchev–Trinajstić information content (AvgIpc) is 2.94. The lowest BCUT2D eigenvalue weighted by Crippen LogP contribution is -2.44. The maximum Gasteiger partial charge on any atom is 0.277 e. The van der Waals surface area contributed by atoms with Gasteiger partial charge < -0.3 is 9.80 Å². The Morgan fingerprint density at radius 3 is 2.03 bits per heavy atom. The zero-order valence-electron chi connectivity index (χ0n) is 16.9. The molecule has 0 atom stereocenters. The predicted molar refractivity (Wildman–Crippen MR) is 117 cm³/mol. The van der Waals surface area contributed by atoms with Crippen molar-refractivity contribution < 1.29 is 9.59 Å². The minimum atomic E-state index is -0.475. The van der Waals surface area contributed by atoms with Crippen molar-refractivity contribution in [3.8, 4) is 0 Å². The van der Waals surface area contributed by atoms with Crippen molar-refractivity contribution in [1.82, 2.24) is 4.90 Å². The van der Waals surface area contributed by atoms with Crippen LogP contribution in [0.15, 0.2) is 47.5 Å². The summed E-state index contributed by atoms with van der Waals surface area (Å²) in [6.45, 7) is 7.94. The summed E-state index contributed by atoms with van der Waals surface area (Å²) in [5, 5.41) is -0.0265. The molecule has 0 spiro atoms. The third-order valence-corrected chi connectivity index (χ3v) is 6.15. The molecule has 0 radical (unpaired) electrons. The molecule has 2 amide bonds. The Balaban J connectivity index is 1.59. The molecule has 2 aromatic rings. The monoisotopic (exact) mass is 409 g/mol. The molecule has 29 heavy (non-hydrogen) atoms. The molecule has 5 nitrogen and oxygen atoms in total. The maximum absolute atomic E-state index is 13.1. The zero-order valence-corrected chi connectivity index (χ0v) is 17.7. The van der Waals surface area contributed by atoms with Crippen LogP contribution in [0.2, 0.25) is 0 Å². The van der Waals surface area contributed by atoms with Crippen LogP contribution in [0.1, 0.15) is 16.7 Å². The van der Waals surface area contributed by atoms with Crippen molar-refractivity contribution in [2.45, 2.75) is 13.8 Å². The first-order valence-electron chi connectivity index (χ1n) is 9.76.